The van der Waals surface area contributed by atoms with Crippen LogP contribution in [-0.2, 0) is 17.7 Å². The second-order valence-electron chi connectivity index (χ2n) is 4.74. The fourth-order valence-corrected chi connectivity index (χ4v) is 2.11. The highest BCUT2D eigenvalue weighted by atomic mass is 16.5. The number of hydrogen-bond donors (Lipinski definition) is 1. The lowest BCUT2D eigenvalue weighted by atomic mass is 10.1. The van der Waals surface area contributed by atoms with E-state index in [1.165, 1.54) is 0 Å². The molecule has 1 unspecified atom stereocenters. The van der Waals surface area contributed by atoms with E-state index in [9.17, 15) is 0 Å². The number of aryl methyl sites for hydroxylation is 1. The largest absolute Gasteiger partial charge is 0.494 e. The van der Waals surface area contributed by atoms with Gasteiger partial charge in [-0.25, -0.2) is 0 Å². The quantitative estimate of drug-likeness (QED) is 0.879. The summed E-state index contributed by atoms with van der Waals surface area (Å²) in [5.74, 6) is 1.01. The van der Waals surface area contributed by atoms with Crippen LogP contribution in [0.1, 0.15) is 37.1 Å². The lowest BCUT2D eigenvalue weighted by molar-refractivity contribution is 0.155. The molecule has 0 saturated carbocycles. The van der Waals surface area contributed by atoms with Gasteiger partial charge in [0.2, 0.25) is 0 Å². The molecule has 1 atom stereocenters. The first-order valence-electron chi connectivity index (χ1n) is 6.67. The molecule has 100 valence electrons. The molecule has 0 aliphatic carbocycles. The van der Waals surface area contributed by atoms with Crippen molar-refractivity contribution < 1.29 is 4.74 Å². The summed E-state index contributed by atoms with van der Waals surface area (Å²) in [5.41, 5.74) is 2.56. The second kappa shape index (κ2) is 6.35. The molecule has 0 radical (unpaired) electrons. The molecule has 1 aliphatic rings. The van der Waals surface area contributed by atoms with Gasteiger partial charge in [0.05, 0.1) is 23.9 Å². The molecule has 2 heterocycles. The highest BCUT2D eigenvalue weighted by molar-refractivity contribution is 5.35. The van der Waals surface area contributed by atoms with Crippen molar-refractivity contribution >= 4 is 0 Å². The highest BCUT2D eigenvalue weighted by Gasteiger charge is 2.12. The molecule has 0 bridgehead atoms. The van der Waals surface area contributed by atoms with Gasteiger partial charge < -0.3 is 10.1 Å². The predicted molar refractivity (Wildman–Crippen MR) is 73.3 cm³/mol. The van der Waals surface area contributed by atoms with Crippen LogP contribution in [-0.4, -0.2) is 17.6 Å². The zero-order chi connectivity index (χ0) is 13.7. The molecular formula is C15H19N3O. The molecule has 4 heteroatoms. The second-order valence-corrected chi connectivity index (χ2v) is 4.74. The third kappa shape index (κ3) is 3.55. The zero-order valence-electron chi connectivity index (χ0n) is 11.4. The maximum Gasteiger partial charge on any atom is 0.106 e. The Morgan fingerprint density at radius 1 is 1.53 bits per heavy atom. The molecule has 0 spiro atoms. The number of pyridine rings is 1. The van der Waals surface area contributed by atoms with Gasteiger partial charge in [-0.3, -0.25) is 4.98 Å². The Kier molecular flexibility index (Phi) is 4.53. The first kappa shape index (κ1) is 13.6. The van der Waals surface area contributed by atoms with E-state index < -0.39 is 0 Å². The molecule has 0 saturated heterocycles. The number of rotatable bonds is 5. The van der Waals surface area contributed by atoms with Crippen LogP contribution in [0.15, 0.2) is 24.1 Å². The SMILES string of the molecule is CCc1ncc(CNCC2=CCC(C)O2)cc1C#N. The summed E-state index contributed by atoms with van der Waals surface area (Å²) in [6.07, 6.45) is 6.03. The van der Waals surface area contributed by atoms with Crippen LogP contribution in [0.2, 0.25) is 0 Å². The number of aromatic nitrogens is 1. The molecule has 2 rings (SSSR count). The first-order valence-corrected chi connectivity index (χ1v) is 6.67. The van der Waals surface area contributed by atoms with Gasteiger partial charge in [-0.05, 0) is 31.1 Å². The average molecular weight is 257 g/mol. The van der Waals surface area contributed by atoms with Gasteiger partial charge in [0, 0.05) is 19.2 Å². The van der Waals surface area contributed by atoms with Crippen LogP contribution in [0.5, 0.6) is 0 Å². The Morgan fingerprint density at radius 3 is 3.00 bits per heavy atom. The smallest absolute Gasteiger partial charge is 0.106 e. The summed E-state index contributed by atoms with van der Waals surface area (Å²) in [7, 11) is 0. The Morgan fingerprint density at radius 2 is 2.37 bits per heavy atom. The number of nitrogens with one attached hydrogen (secondary N) is 1. The molecule has 1 aromatic heterocycles. The Hall–Kier alpha value is -1.86. The van der Waals surface area contributed by atoms with E-state index in [0.29, 0.717) is 18.2 Å². The van der Waals surface area contributed by atoms with E-state index in [1.54, 1.807) is 0 Å². The monoisotopic (exact) mass is 257 g/mol. The van der Waals surface area contributed by atoms with Crippen LogP contribution < -0.4 is 5.32 Å². The van der Waals surface area contributed by atoms with Crippen molar-refractivity contribution in [3.05, 3.63) is 40.9 Å². The minimum absolute atomic E-state index is 0.299. The van der Waals surface area contributed by atoms with E-state index >= 15 is 0 Å². The topological polar surface area (TPSA) is 57.9 Å². The van der Waals surface area contributed by atoms with Crippen molar-refractivity contribution in [1.82, 2.24) is 10.3 Å². The molecule has 1 aliphatic heterocycles. The van der Waals surface area contributed by atoms with Gasteiger partial charge >= 0.3 is 0 Å². The number of nitrogens with zero attached hydrogens (tertiary/aromatic N) is 2. The molecule has 1 N–H and O–H groups in total. The molecule has 0 amide bonds. The fraction of sp³-hybridized carbons (Fsp3) is 0.467. The minimum atomic E-state index is 0.299. The van der Waals surface area contributed by atoms with Crippen molar-refractivity contribution in [2.75, 3.05) is 6.54 Å². The van der Waals surface area contributed by atoms with Gasteiger partial charge in [-0.1, -0.05) is 6.92 Å². The van der Waals surface area contributed by atoms with E-state index in [0.717, 1.165) is 36.4 Å². The molecular weight excluding hydrogens is 238 g/mol. The summed E-state index contributed by atoms with van der Waals surface area (Å²) < 4.78 is 5.61. The Labute approximate surface area is 114 Å². The van der Waals surface area contributed by atoms with Crippen LogP contribution in [0.4, 0.5) is 0 Å². The Bertz CT molecular complexity index is 517. The highest BCUT2D eigenvalue weighted by Crippen LogP contribution is 2.15. The number of hydrogen-bond acceptors (Lipinski definition) is 4. The molecule has 4 nitrogen and oxygen atoms in total. The summed E-state index contributed by atoms with van der Waals surface area (Å²) in [4.78, 5) is 4.32. The zero-order valence-corrected chi connectivity index (χ0v) is 11.4. The van der Waals surface area contributed by atoms with E-state index in [-0.39, 0.29) is 0 Å². The molecule has 19 heavy (non-hydrogen) atoms. The van der Waals surface area contributed by atoms with Crippen molar-refractivity contribution in [1.29, 1.82) is 5.26 Å². The Balaban J connectivity index is 1.88. The van der Waals surface area contributed by atoms with Gasteiger partial charge in [-0.2, -0.15) is 5.26 Å². The van der Waals surface area contributed by atoms with E-state index in [1.807, 2.05) is 19.2 Å². The summed E-state index contributed by atoms with van der Waals surface area (Å²) in [6.45, 7) is 5.49. The molecule has 0 fully saturated rings. The van der Waals surface area contributed by atoms with Crippen molar-refractivity contribution in [2.45, 2.75) is 39.3 Å². The lowest BCUT2D eigenvalue weighted by Gasteiger charge is -2.10. The molecule has 0 aromatic carbocycles. The minimum Gasteiger partial charge on any atom is -0.494 e. The predicted octanol–water partition coefficient (Wildman–Crippen LogP) is 2.30. The van der Waals surface area contributed by atoms with Crippen LogP contribution in [0.3, 0.4) is 0 Å². The van der Waals surface area contributed by atoms with E-state index in [4.69, 9.17) is 10.00 Å². The van der Waals surface area contributed by atoms with Gasteiger partial charge in [0.25, 0.3) is 0 Å². The maximum atomic E-state index is 9.06. The maximum absolute atomic E-state index is 9.06. The van der Waals surface area contributed by atoms with Gasteiger partial charge in [-0.15, -0.1) is 0 Å². The average Bonchev–Trinajstić information content (AvgIpc) is 2.84. The number of ether oxygens (including phenoxy) is 1. The van der Waals surface area contributed by atoms with Crippen molar-refractivity contribution in [3.8, 4) is 6.07 Å². The van der Waals surface area contributed by atoms with Crippen LogP contribution in [0, 0.1) is 11.3 Å². The van der Waals surface area contributed by atoms with Crippen molar-refractivity contribution in [3.63, 3.8) is 0 Å². The standard InChI is InChI=1S/C15H19N3O/c1-3-15-13(7-16)6-12(9-18-15)8-17-10-14-5-4-11(2)19-14/h5-6,9,11,17H,3-4,8,10H2,1-2H3. The first-order chi connectivity index (χ1) is 9.22. The number of nitriles is 1. The molecule has 1 aromatic rings. The third-order valence-corrected chi connectivity index (χ3v) is 3.14. The van der Waals surface area contributed by atoms with Crippen LogP contribution in [0.25, 0.3) is 0 Å². The van der Waals surface area contributed by atoms with E-state index in [2.05, 4.69) is 29.4 Å². The van der Waals surface area contributed by atoms with Crippen molar-refractivity contribution in [2.24, 2.45) is 0 Å². The summed E-state index contributed by atoms with van der Waals surface area (Å²) in [5, 5.41) is 12.4. The van der Waals surface area contributed by atoms with Gasteiger partial charge in [0.15, 0.2) is 0 Å². The fourth-order valence-electron chi connectivity index (χ4n) is 2.11. The normalized spacial score (nSPS) is 17.7. The summed E-state index contributed by atoms with van der Waals surface area (Å²) >= 11 is 0. The third-order valence-electron chi connectivity index (χ3n) is 3.14. The van der Waals surface area contributed by atoms with Crippen LogP contribution >= 0.6 is 0 Å². The summed E-state index contributed by atoms with van der Waals surface area (Å²) in [6, 6.07) is 4.11. The van der Waals surface area contributed by atoms with Gasteiger partial charge in [0.1, 0.15) is 11.8 Å². The lowest BCUT2D eigenvalue weighted by Crippen LogP contribution is -2.18.